The van der Waals surface area contributed by atoms with Gasteiger partial charge in [-0.05, 0) is 36.2 Å². The van der Waals surface area contributed by atoms with E-state index in [-0.39, 0.29) is 17.6 Å². The Morgan fingerprint density at radius 2 is 1.71 bits per heavy atom. The van der Waals surface area contributed by atoms with Crippen molar-refractivity contribution < 1.29 is 18.7 Å². The number of hydrogen-bond donors (Lipinski definition) is 0. The van der Waals surface area contributed by atoms with E-state index in [1.165, 1.54) is 12.1 Å². The van der Waals surface area contributed by atoms with Gasteiger partial charge in [-0.2, -0.15) is 0 Å². The van der Waals surface area contributed by atoms with Crippen LogP contribution in [0.1, 0.15) is 24.8 Å². The second kappa shape index (κ2) is 7.81. The highest BCUT2D eigenvalue weighted by molar-refractivity contribution is 5.97. The summed E-state index contributed by atoms with van der Waals surface area (Å²) in [5, 5.41) is 0. The number of nitrogens with zero attached hydrogens (tertiary/aromatic N) is 1. The molecule has 0 heterocycles. The van der Waals surface area contributed by atoms with Gasteiger partial charge in [-0.3, -0.25) is 4.79 Å². The first kappa shape index (κ1) is 17.8. The van der Waals surface area contributed by atoms with Crippen molar-refractivity contribution in [3.63, 3.8) is 0 Å². The average molecular weight is 331 g/mol. The Bertz CT molecular complexity index is 700. The second-order valence-corrected chi connectivity index (χ2v) is 5.45. The number of methoxy groups -OCH3 is 2. The van der Waals surface area contributed by atoms with E-state index >= 15 is 0 Å². The fraction of sp³-hybridized carbons (Fsp3) is 0.316. The standard InChI is InChI=1S/C19H22FNO3/c1-5-16(13-6-8-14(20)9-7-13)19(22)21(2)15-10-11-17(23-3)18(12-15)24-4/h6-12,16H,5H2,1-4H3. The monoisotopic (exact) mass is 331 g/mol. The maximum atomic E-state index is 13.1. The van der Waals surface area contributed by atoms with Gasteiger partial charge in [0.15, 0.2) is 11.5 Å². The van der Waals surface area contributed by atoms with Gasteiger partial charge in [0.1, 0.15) is 5.82 Å². The first-order chi connectivity index (χ1) is 11.5. The molecule has 128 valence electrons. The Labute approximate surface area is 141 Å². The lowest BCUT2D eigenvalue weighted by atomic mass is 9.95. The van der Waals surface area contributed by atoms with Gasteiger partial charge in [-0.25, -0.2) is 4.39 Å². The lowest BCUT2D eigenvalue weighted by molar-refractivity contribution is -0.119. The minimum atomic E-state index is -0.330. The van der Waals surface area contributed by atoms with Crippen molar-refractivity contribution in [2.75, 3.05) is 26.2 Å². The van der Waals surface area contributed by atoms with Gasteiger partial charge in [0.2, 0.25) is 5.91 Å². The summed E-state index contributed by atoms with van der Waals surface area (Å²) < 4.78 is 23.6. The van der Waals surface area contributed by atoms with Crippen molar-refractivity contribution in [1.29, 1.82) is 0 Å². The summed E-state index contributed by atoms with van der Waals surface area (Å²) in [4.78, 5) is 14.5. The van der Waals surface area contributed by atoms with Crippen LogP contribution >= 0.6 is 0 Å². The first-order valence-electron chi connectivity index (χ1n) is 7.76. The summed E-state index contributed by atoms with van der Waals surface area (Å²) in [7, 11) is 4.83. The van der Waals surface area contributed by atoms with Gasteiger partial charge < -0.3 is 14.4 Å². The van der Waals surface area contributed by atoms with Gasteiger partial charge in [0, 0.05) is 18.8 Å². The Morgan fingerprint density at radius 3 is 2.25 bits per heavy atom. The number of halogens is 1. The molecule has 0 aromatic heterocycles. The maximum Gasteiger partial charge on any atom is 0.234 e. The summed E-state index contributed by atoms with van der Waals surface area (Å²) in [6.45, 7) is 1.94. The average Bonchev–Trinajstić information content (AvgIpc) is 2.62. The largest absolute Gasteiger partial charge is 0.493 e. The van der Waals surface area contributed by atoms with E-state index in [2.05, 4.69) is 0 Å². The molecule has 0 saturated carbocycles. The summed E-state index contributed by atoms with van der Waals surface area (Å²) in [5.74, 6) is 0.464. The number of anilines is 1. The normalized spacial score (nSPS) is 11.7. The fourth-order valence-corrected chi connectivity index (χ4v) is 2.64. The molecule has 2 aromatic carbocycles. The highest BCUT2D eigenvalue weighted by atomic mass is 19.1. The molecule has 0 N–H and O–H groups in total. The molecule has 2 rings (SSSR count). The van der Waals surface area contributed by atoms with Gasteiger partial charge in [-0.15, -0.1) is 0 Å². The Kier molecular flexibility index (Phi) is 5.79. The third kappa shape index (κ3) is 3.67. The van der Waals surface area contributed by atoms with Crippen molar-refractivity contribution in [3.8, 4) is 11.5 Å². The van der Waals surface area contributed by atoms with Crippen molar-refractivity contribution in [2.45, 2.75) is 19.3 Å². The van der Waals surface area contributed by atoms with Crippen LogP contribution in [0.15, 0.2) is 42.5 Å². The van der Waals surface area contributed by atoms with E-state index in [0.717, 1.165) is 5.56 Å². The van der Waals surface area contributed by atoms with Crippen LogP contribution in [0.3, 0.4) is 0 Å². The van der Waals surface area contributed by atoms with E-state index in [1.54, 1.807) is 56.5 Å². The van der Waals surface area contributed by atoms with Crippen molar-refractivity contribution in [1.82, 2.24) is 0 Å². The number of ether oxygens (including phenoxy) is 2. The number of likely N-dealkylation sites (N-methyl/N-ethyl adjacent to an activating group) is 1. The number of benzene rings is 2. The van der Waals surface area contributed by atoms with Crippen molar-refractivity contribution >= 4 is 11.6 Å². The Hall–Kier alpha value is -2.56. The van der Waals surface area contributed by atoms with Crippen molar-refractivity contribution in [3.05, 3.63) is 53.8 Å². The predicted octanol–water partition coefficient (Wildman–Crippen LogP) is 4.00. The molecule has 0 saturated heterocycles. The van der Waals surface area contributed by atoms with Crippen LogP contribution < -0.4 is 14.4 Å². The SMILES string of the molecule is CCC(C(=O)N(C)c1ccc(OC)c(OC)c1)c1ccc(F)cc1. The second-order valence-electron chi connectivity index (χ2n) is 5.45. The predicted molar refractivity (Wildman–Crippen MR) is 92.4 cm³/mol. The third-order valence-corrected chi connectivity index (χ3v) is 4.06. The van der Waals surface area contributed by atoms with Crippen LogP contribution in [0.2, 0.25) is 0 Å². The van der Waals surface area contributed by atoms with E-state index in [9.17, 15) is 9.18 Å². The van der Waals surface area contributed by atoms with E-state index in [4.69, 9.17) is 9.47 Å². The topological polar surface area (TPSA) is 38.8 Å². The van der Waals surface area contributed by atoms with Crippen molar-refractivity contribution in [2.24, 2.45) is 0 Å². The van der Waals surface area contributed by atoms with Gasteiger partial charge in [-0.1, -0.05) is 19.1 Å². The lowest BCUT2D eigenvalue weighted by Gasteiger charge is -2.24. The smallest absolute Gasteiger partial charge is 0.234 e. The summed E-state index contributed by atoms with van der Waals surface area (Å²) in [5.41, 5.74) is 1.51. The number of carbonyl (C=O) groups excluding carboxylic acids is 1. The zero-order chi connectivity index (χ0) is 17.7. The molecular formula is C19H22FNO3. The number of rotatable bonds is 6. The van der Waals surface area contributed by atoms with E-state index in [1.807, 2.05) is 6.92 Å². The van der Waals surface area contributed by atoms with E-state index < -0.39 is 0 Å². The molecule has 0 fully saturated rings. The molecule has 0 aliphatic heterocycles. The van der Waals surface area contributed by atoms with Crippen LogP contribution in [0.25, 0.3) is 0 Å². The third-order valence-electron chi connectivity index (χ3n) is 4.06. The molecule has 5 heteroatoms. The van der Waals surface area contributed by atoms with E-state index in [0.29, 0.717) is 23.6 Å². The van der Waals surface area contributed by atoms with Crippen LogP contribution in [0.4, 0.5) is 10.1 Å². The van der Waals surface area contributed by atoms with Crippen LogP contribution in [-0.2, 0) is 4.79 Å². The lowest BCUT2D eigenvalue weighted by Crippen LogP contribution is -2.31. The number of carbonyl (C=O) groups is 1. The van der Waals surface area contributed by atoms with Gasteiger partial charge in [0.25, 0.3) is 0 Å². The molecule has 0 aliphatic rings. The summed E-state index contributed by atoms with van der Waals surface area (Å²) in [6.07, 6.45) is 0.627. The van der Waals surface area contributed by atoms with Gasteiger partial charge in [0.05, 0.1) is 20.1 Å². The molecule has 24 heavy (non-hydrogen) atoms. The first-order valence-corrected chi connectivity index (χ1v) is 7.76. The molecule has 0 spiro atoms. The quantitative estimate of drug-likeness (QED) is 0.803. The number of hydrogen-bond acceptors (Lipinski definition) is 3. The molecule has 1 unspecified atom stereocenters. The van der Waals surface area contributed by atoms with Gasteiger partial charge >= 0.3 is 0 Å². The highest BCUT2D eigenvalue weighted by Gasteiger charge is 2.24. The zero-order valence-corrected chi connectivity index (χ0v) is 14.4. The highest BCUT2D eigenvalue weighted by Crippen LogP contribution is 2.32. The maximum absolute atomic E-state index is 13.1. The van der Waals surface area contributed by atoms with Crippen LogP contribution in [-0.4, -0.2) is 27.2 Å². The Morgan fingerprint density at radius 1 is 1.08 bits per heavy atom. The zero-order valence-electron chi connectivity index (χ0n) is 14.4. The minimum absolute atomic E-state index is 0.0590. The molecule has 2 aromatic rings. The van der Waals surface area contributed by atoms with Crippen LogP contribution in [0.5, 0.6) is 11.5 Å². The Balaban J connectivity index is 2.28. The minimum Gasteiger partial charge on any atom is -0.493 e. The molecule has 4 nitrogen and oxygen atoms in total. The summed E-state index contributed by atoms with van der Waals surface area (Å²) >= 11 is 0. The molecule has 1 atom stereocenters. The van der Waals surface area contributed by atoms with Crippen LogP contribution in [0, 0.1) is 5.82 Å². The summed E-state index contributed by atoms with van der Waals surface area (Å²) in [6, 6.07) is 11.4. The number of amides is 1. The fourth-order valence-electron chi connectivity index (χ4n) is 2.64. The molecule has 0 radical (unpaired) electrons. The molecule has 0 bridgehead atoms. The molecule has 1 amide bonds. The molecular weight excluding hydrogens is 309 g/mol. The molecule has 0 aliphatic carbocycles.